The van der Waals surface area contributed by atoms with Crippen LogP contribution in [0.4, 0.5) is 0 Å². The Kier molecular flexibility index (Phi) is 6.11. The van der Waals surface area contributed by atoms with Crippen LogP contribution in [0.5, 0.6) is 0 Å². The summed E-state index contributed by atoms with van der Waals surface area (Å²) in [6.45, 7) is 7.12. The van der Waals surface area contributed by atoms with Crippen molar-refractivity contribution in [2.24, 2.45) is 5.92 Å². The van der Waals surface area contributed by atoms with Gasteiger partial charge >= 0.3 is 0 Å². The molecule has 2 aliphatic rings. The smallest absolute Gasteiger partial charge is 0.0695 e. The van der Waals surface area contributed by atoms with Crippen molar-refractivity contribution in [2.75, 3.05) is 33.2 Å². The van der Waals surface area contributed by atoms with E-state index in [2.05, 4.69) is 23.8 Å². The van der Waals surface area contributed by atoms with Crippen LogP contribution in [0, 0.1) is 5.92 Å². The molecule has 2 rings (SSSR count). The minimum atomic E-state index is -0.100. The van der Waals surface area contributed by atoms with Crippen LogP contribution in [0.15, 0.2) is 0 Å². The van der Waals surface area contributed by atoms with Crippen LogP contribution >= 0.6 is 0 Å². The highest BCUT2D eigenvalue weighted by Gasteiger charge is 2.31. The molecule has 0 aromatic carbocycles. The van der Waals surface area contributed by atoms with Crippen molar-refractivity contribution in [3.63, 3.8) is 0 Å². The van der Waals surface area contributed by atoms with E-state index in [-0.39, 0.29) is 6.10 Å². The van der Waals surface area contributed by atoms with E-state index in [1.54, 1.807) is 0 Å². The average molecular weight is 268 g/mol. The van der Waals surface area contributed by atoms with Crippen molar-refractivity contribution in [1.82, 2.24) is 9.80 Å². The summed E-state index contributed by atoms with van der Waals surface area (Å²) in [7, 11) is 2.21. The van der Waals surface area contributed by atoms with Gasteiger partial charge in [-0.25, -0.2) is 0 Å². The summed E-state index contributed by atoms with van der Waals surface area (Å²) in [5.74, 6) is 0.840. The first-order valence-electron chi connectivity index (χ1n) is 8.31. The van der Waals surface area contributed by atoms with Gasteiger partial charge in [0.15, 0.2) is 0 Å². The molecule has 112 valence electrons. The van der Waals surface area contributed by atoms with Crippen LogP contribution in [0.1, 0.15) is 51.9 Å². The maximum absolute atomic E-state index is 10.3. The average Bonchev–Trinajstić information content (AvgIpc) is 2.92. The number of aliphatic hydroxyl groups is 1. The van der Waals surface area contributed by atoms with Gasteiger partial charge in [0.2, 0.25) is 0 Å². The fraction of sp³-hybridized carbons (Fsp3) is 1.00. The molecule has 3 unspecified atom stereocenters. The molecule has 3 heteroatoms. The summed E-state index contributed by atoms with van der Waals surface area (Å²) in [6.07, 6.45) is 8.69. The number of hydrogen-bond acceptors (Lipinski definition) is 3. The topological polar surface area (TPSA) is 26.7 Å². The largest absolute Gasteiger partial charge is 0.391 e. The Morgan fingerprint density at radius 2 is 1.95 bits per heavy atom. The Morgan fingerprint density at radius 3 is 2.63 bits per heavy atom. The lowest BCUT2D eigenvalue weighted by Gasteiger charge is -2.39. The van der Waals surface area contributed by atoms with E-state index in [0.29, 0.717) is 6.04 Å². The highest BCUT2D eigenvalue weighted by atomic mass is 16.3. The normalized spacial score (nSPS) is 33.2. The Balaban J connectivity index is 1.76. The molecule has 0 spiro atoms. The van der Waals surface area contributed by atoms with Gasteiger partial charge in [-0.3, -0.25) is 4.90 Å². The van der Waals surface area contributed by atoms with Gasteiger partial charge in [-0.1, -0.05) is 19.8 Å². The molecule has 0 radical (unpaired) electrons. The summed E-state index contributed by atoms with van der Waals surface area (Å²) in [6, 6.07) is 0.396. The van der Waals surface area contributed by atoms with E-state index in [4.69, 9.17) is 0 Å². The second-order valence-electron chi connectivity index (χ2n) is 6.63. The number of likely N-dealkylation sites (tertiary alicyclic amines) is 1. The monoisotopic (exact) mass is 268 g/mol. The first-order valence-corrected chi connectivity index (χ1v) is 8.31. The Bertz CT molecular complexity index is 253. The number of aliphatic hydroxyl groups excluding tert-OH is 1. The quantitative estimate of drug-likeness (QED) is 0.801. The molecule has 0 amide bonds. The van der Waals surface area contributed by atoms with E-state index in [0.717, 1.165) is 18.9 Å². The Morgan fingerprint density at radius 1 is 1.21 bits per heavy atom. The van der Waals surface area contributed by atoms with Crippen LogP contribution in [0.2, 0.25) is 0 Å². The highest BCUT2D eigenvalue weighted by Crippen LogP contribution is 2.30. The first kappa shape index (κ1) is 15.3. The Labute approximate surface area is 119 Å². The molecular formula is C16H32N2O. The standard InChI is InChI=1S/C16H32N2O/c1-3-6-14-7-8-16(19)15(13-14)17(2)11-12-18-9-4-5-10-18/h14-16,19H,3-13H2,1-2H3. The van der Waals surface area contributed by atoms with E-state index < -0.39 is 0 Å². The summed E-state index contributed by atoms with van der Waals surface area (Å²) in [5, 5.41) is 10.3. The lowest BCUT2D eigenvalue weighted by Crippen LogP contribution is -2.47. The molecule has 0 bridgehead atoms. The van der Waals surface area contributed by atoms with Crippen LogP contribution < -0.4 is 0 Å². The van der Waals surface area contributed by atoms with Gasteiger partial charge in [-0.2, -0.15) is 0 Å². The molecule has 0 aromatic rings. The van der Waals surface area contributed by atoms with Gasteiger partial charge < -0.3 is 10.0 Å². The van der Waals surface area contributed by atoms with Gasteiger partial charge in [0.05, 0.1) is 6.10 Å². The number of hydrogen-bond donors (Lipinski definition) is 1. The zero-order valence-electron chi connectivity index (χ0n) is 12.9. The lowest BCUT2D eigenvalue weighted by molar-refractivity contribution is 0.0103. The van der Waals surface area contributed by atoms with Crippen LogP contribution in [-0.4, -0.2) is 60.3 Å². The third-order valence-corrected chi connectivity index (χ3v) is 5.12. The molecule has 1 saturated carbocycles. The van der Waals surface area contributed by atoms with Crippen molar-refractivity contribution in [1.29, 1.82) is 0 Å². The molecule has 3 nitrogen and oxygen atoms in total. The predicted octanol–water partition coefficient (Wildman–Crippen LogP) is 2.34. The zero-order chi connectivity index (χ0) is 13.7. The first-order chi connectivity index (χ1) is 9.20. The summed E-state index contributed by atoms with van der Waals surface area (Å²) >= 11 is 0. The molecule has 19 heavy (non-hydrogen) atoms. The van der Waals surface area contributed by atoms with E-state index in [1.807, 2.05) is 0 Å². The molecule has 2 fully saturated rings. The van der Waals surface area contributed by atoms with Gasteiger partial charge in [-0.05, 0) is 58.2 Å². The van der Waals surface area contributed by atoms with Crippen LogP contribution in [0.25, 0.3) is 0 Å². The van der Waals surface area contributed by atoms with Crippen molar-refractivity contribution >= 4 is 0 Å². The second kappa shape index (κ2) is 7.61. The highest BCUT2D eigenvalue weighted by molar-refractivity contribution is 4.86. The zero-order valence-corrected chi connectivity index (χ0v) is 12.9. The fourth-order valence-corrected chi connectivity index (χ4v) is 3.83. The van der Waals surface area contributed by atoms with E-state index in [1.165, 1.54) is 58.2 Å². The molecule has 1 aliphatic heterocycles. The number of likely N-dealkylation sites (N-methyl/N-ethyl adjacent to an activating group) is 1. The number of rotatable bonds is 6. The SMILES string of the molecule is CCCC1CCC(O)C(N(C)CCN2CCCC2)C1. The third kappa shape index (κ3) is 4.44. The minimum Gasteiger partial charge on any atom is -0.391 e. The molecule has 1 heterocycles. The molecule has 1 saturated heterocycles. The fourth-order valence-electron chi connectivity index (χ4n) is 3.83. The van der Waals surface area contributed by atoms with Crippen molar-refractivity contribution in [3.05, 3.63) is 0 Å². The summed E-state index contributed by atoms with van der Waals surface area (Å²) < 4.78 is 0. The Hall–Kier alpha value is -0.120. The van der Waals surface area contributed by atoms with Gasteiger partial charge in [-0.15, -0.1) is 0 Å². The van der Waals surface area contributed by atoms with Crippen LogP contribution in [0.3, 0.4) is 0 Å². The maximum Gasteiger partial charge on any atom is 0.0695 e. The molecule has 0 aromatic heterocycles. The molecular weight excluding hydrogens is 236 g/mol. The number of nitrogens with zero attached hydrogens (tertiary/aromatic N) is 2. The predicted molar refractivity (Wildman–Crippen MR) is 80.3 cm³/mol. The maximum atomic E-state index is 10.3. The van der Waals surface area contributed by atoms with Crippen LogP contribution in [-0.2, 0) is 0 Å². The van der Waals surface area contributed by atoms with Gasteiger partial charge in [0.25, 0.3) is 0 Å². The third-order valence-electron chi connectivity index (χ3n) is 5.12. The summed E-state index contributed by atoms with van der Waals surface area (Å²) in [5.41, 5.74) is 0. The second-order valence-corrected chi connectivity index (χ2v) is 6.63. The lowest BCUT2D eigenvalue weighted by atomic mass is 9.81. The molecule has 1 N–H and O–H groups in total. The van der Waals surface area contributed by atoms with Crippen molar-refractivity contribution in [2.45, 2.75) is 64.0 Å². The van der Waals surface area contributed by atoms with Crippen molar-refractivity contribution in [3.8, 4) is 0 Å². The van der Waals surface area contributed by atoms with E-state index in [9.17, 15) is 5.11 Å². The summed E-state index contributed by atoms with van der Waals surface area (Å²) in [4.78, 5) is 4.99. The van der Waals surface area contributed by atoms with Gasteiger partial charge in [0, 0.05) is 19.1 Å². The molecule has 1 aliphatic carbocycles. The van der Waals surface area contributed by atoms with Gasteiger partial charge in [0.1, 0.15) is 0 Å². The van der Waals surface area contributed by atoms with E-state index >= 15 is 0 Å². The van der Waals surface area contributed by atoms with Crippen molar-refractivity contribution < 1.29 is 5.11 Å². The minimum absolute atomic E-state index is 0.100. The molecule has 3 atom stereocenters.